The first kappa shape index (κ1) is 12.2. The molecule has 0 N–H and O–H groups in total. The van der Waals surface area contributed by atoms with Crippen molar-refractivity contribution >= 4 is 11.5 Å². The molecule has 2 radical (unpaired) electrons. The summed E-state index contributed by atoms with van der Waals surface area (Å²) in [6.07, 6.45) is 1.16. The van der Waals surface area contributed by atoms with Gasteiger partial charge in [-0.25, -0.2) is 5.01 Å². The first-order valence-electron chi connectivity index (χ1n) is 7.58. The minimum absolute atomic E-state index is 0.192. The SMILES string of the molecule is [C]1N(c2ccccc2)N=C2CO[C@@H]3Cc4ccccc4[C@@H]3N12. The summed E-state index contributed by atoms with van der Waals surface area (Å²) in [6, 6.07) is 18.9. The maximum Gasteiger partial charge on any atom is 0.233 e. The minimum atomic E-state index is 0.192. The zero-order valence-corrected chi connectivity index (χ0v) is 12.0. The third kappa shape index (κ3) is 1.70. The van der Waals surface area contributed by atoms with Crippen LogP contribution in [0, 0.1) is 6.67 Å². The number of para-hydroxylation sites is 1. The fraction of sp³-hybridized carbons (Fsp3) is 0.222. The number of anilines is 1. The smallest absolute Gasteiger partial charge is 0.233 e. The molecule has 1 aliphatic carbocycles. The highest BCUT2D eigenvalue weighted by molar-refractivity contribution is 5.89. The van der Waals surface area contributed by atoms with Gasteiger partial charge in [0, 0.05) is 6.42 Å². The van der Waals surface area contributed by atoms with E-state index in [1.807, 2.05) is 35.3 Å². The van der Waals surface area contributed by atoms with Crippen molar-refractivity contribution in [2.24, 2.45) is 5.10 Å². The number of fused-ring (bicyclic) bond motifs is 5. The third-order valence-corrected chi connectivity index (χ3v) is 4.55. The first-order valence-corrected chi connectivity index (χ1v) is 7.58. The second-order valence-electron chi connectivity index (χ2n) is 5.83. The van der Waals surface area contributed by atoms with Crippen LogP contribution in [-0.4, -0.2) is 23.4 Å². The van der Waals surface area contributed by atoms with Crippen molar-refractivity contribution in [1.82, 2.24) is 4.90 Å². The lowest BCUT2D eigenvalue weighted by molar-refractivity contribution is 0.0119. The third-order valence-electron chi connectivity index (χ3n) is 4.55. The average molecular weight is 289 g/mol. The van der Waals surface area contributed by atoms with Crippen LogP contribution in [0.15, 0.2) is 59.7 Å². The lowest BCUT2D eigenvalue weighted by atomic mass is 10.1. The molecule has 4 heteroatoms. The van der Waals surface area contributed by atoms with Crippen LogP contribution < -0.4 is 5.01 Å². The lowest BCUT2D eigenvalue weighted by Gasteiger charge is -2.35. The van der Waals surface area contributed by atoms with Gasteiger partial charge in [0.25, 0.3) is 0 Å². The zero-order valence-electron chi connectivity index (χ0n) is 12.0. The molecule has 3 aliphatic rings. The summed E-state index contributed by atoms with van der Waals surface area (Å²) < 4.78 is 6.04. The monoisotopic (exact) mass is 289 g/mol. The standard InChI is InChI=1S/C18H15N3O/c1-2-7-14(8-3-1)21-12-20-17(19-21)11-22-16-10-13-6-4-5-9-15(13)18(16)20/h1-9,16,18H,10-11H2/t16-,18+/m1/s1. The van der Waals surface area contributed by atoms with Crippen LogP contribution in [0.3, 0.4) is 0 Å². The van der Waals surface area contributed by atoms with Crippen LogP contribution in [0.2, 0.25) is 0 Å². The summed E-state index contributed by atoms with van der Waals surface area (Å²) in [6.45, 7) is 3.95. The molecule has 2 atom stereocenters. The van der Waals surface area contributed by atoms with Gasteiger partial charge >= 0.3 is 0 Å². The molecule has 0 spiro atoms. The van der Waals surface area contributed by atoms with Gasteiger partial charge in [0.2, 0.25) is 6.67 Å². The Balaban J connectivity index is 1.50. The Morgan fingerprint density at radius 1 is 1.05 bits per heavy atom. The lowest BCUT2D eigenvalue weighted by Crippen LogP contribution is -2.44. The van der Waals surface area contributed by atoms with E-state index in [1.165, 1.54) is 11.1 Å². The van der Waals surface area contributed by atoms with Gasteiger partial charge in [-0.05, 0) is 23.3 Å². The molecule has 108 valence electrons. The van der Waals surface area contributed by atoms with Gasteiger partial charge in [-0.2, -0.15) is 5.10 Å². The number of benzene rings is 2. The Morgan fingerprint density at radius 2 is 1.86 bits per heavy atom. The molecule has 0 unspecified atom stereocenters. The average Bonchev–Trinajstić information content (AvgIpc) is 3.16. The molecular weight excluding hydrogens is 274 g/mol. The van der Waals surface area contributed by atoms with E-state index in [9.17, 15) is 0 Å². The molecule has 2 heterocycles. The summed E-state index contributed by atoms with van der Waals surface area (Å²) in [7, 11) is 0. The van der Waals surface area contributed by atoms with Gasteiger partial charge in [-0.15, -0.1) is 0 Å². The van der Waals surface area contributed by atoms with E-state index in [-0.39, 0.29) is 12.1 Å². The maximum atomic E-state index is 6.04. The van der Waals surface area contributed by atoms with Crippen LogP contribution in [0.1, 0.15) is 17.2 Å². The van der Waals surface area contributed by atoms with E-state index in [1.54, 1.807) is 0 Å². The van der Waals surface area contributed by atoms with Gasteiger partial charge in [0.1, 0.15) is 6.61 Å². The highest BCUT2D eigenvalue weighted by Crippen LogP contribution is 2.43. The molecule has 5 rings (SSSR count). The van der Waals surface area contributed by atoms with Gasteiger partial charge in [0.15, 0.2) is 5.84 Å². The number of hydrazone groups is 1. The second-order valence-corrected chi connectivity index (χ2v) is 5.83. The van der Waals surface area contributed by atoms with Crippen molar-refractivity contribution in [2.75, 3.05) is 11.6 Å². The van der Waals surface area contributed by atoms with Crippen molar-refractivity contribution in [3.05, 3.63) is 72.4 Å². The van der Waals surface area contributed by atoms with Crippen molar-refractivity contribution < 1.29 is 4.74 Å². The number of hydrogen-bond donors (Lipinski definition) is 0. The topological polar surface area (TPSA) is 28.1 Å². The Hall–Kier alpha value is -2.33. The van der Waals surface area contributed by atoms with Gasteiger partial charge in [-0.3, -0.25) is 0 Å². The number of amidine groups is 1. The van der Waals surface area contributed by atoms with Crippen LogP contribution in [-0.2, 0) is 11.2 Å². The van der Waals surface area contributed by atoms with Gasteiger partial charge in [0.05, 0.1) is 17.8 Å². The molecule has 0 bridgehead atoms. The van der Waals surface area contributed by atoms with Crippen LogP contribution in [0.5, 0.6) is 0 Å². The van der Waals surface area contributed by atoms with Gasteiger partial charge in [-0.1, -0.05) is 42.5 Å². The van der Waals surface area contributed by atoms with Crippen molar-refractivity contribution in [2.45, 2.75) is 18.6 Å². The van der Waals surface area contributed by atoms with Crippen molar-refractivity contribution in [1.29, 1.82) is 0 Å². The van der Waals surface area contributed by atoms with Gasteiger partial charge < -0.3 is 9.64 Å². The summed E-state index contributed by atoms with van der Waals surface area (Å²) in [5, 5.41) is 6.47. The fourth-order valence-electron chi connectivity index (χ4n) is 3.53. The molecule has 1 fully saturated rings. The number of rotatable bonds is 1. The molecule has 22 heavy (non-hydrogen) atoms. The highest BCUT2D eigenvalue weighted by Gasteiger charge is 2.45. The normalized spacial score (nSPS) is 25.5. The number of hydrogen-bond acceptors (Lipinski definition) is 4. The molecule has 1 saturated heterocycles. The summed E-state index contributed by atoms with van der Waals surface area (Å²) in [5.74, 6) is 0.932. The Labute approximate surface area is 129 Å². The van der Waals surface area contributed by atoms with Crippen LogP contribution in [0.25, 0.3) is 0 Å². The molecule has 0 aromatic heterocycles. The second kappa shape index (κ2) is 4.58. The Kier molecular flexibility index (Phi) is 2.55. The number of ether oxygens (including phenoxy) is 1. The van der Waals surface area contributed by atoms with Crippen LogP contribution in [0.4, 0.5) is 5.69 Å². The molecule has 2 aliphatic heterocycles. The molecule has 2 aromatic carbocycles. The predicted molar refractivity (Wildman–Crippen MR) is 84.1 cm³/mol. The summed E-state index contributed by atoms with van der Waals surface area (Å²) >= 11 is 0. The first-order chi connectivity index (χ1) is 10.9. The van der Waals surface area contributed by atoms with Crippen molar-refractivity contribution in [3.63, 3.8) is 0 Å². The zero-order chi connectivity index (χ0) is 14.5. The van der Waals surface area contributed by atoms with E-state index >= 15 is 0 Å². The molecule has 0 amide bonds. The Bertz CT molecular complexity index is 743. The van der Waals surface area contributed by atoms with E-state index < -0.39 is 0 Å². The summed E-state index contributed by atoms with van der Waals surface area (Å²) in [5.41, 5.74) is 3.73. The van der Waals surface area contributed by atoms with Crippen molar-refractivity contribution in [3.8, 4) is 0 Å². The molecule has 2 aromatic rings. The van der Waals surface area contributed by atoms with E-state index in [0.717, 1.165) is 17.9 Å². The molecule has 4 nitrogen and oxygen atoms in total. The largest absolute Gasteiger partial charge is 0.367 e. The number of morpholine rings is 1. The fourth-order valence-corrected chi connectivity index (χ4v) is 3.53. The predicted octanol–water partition coefficient (Wildman–Crippen LogP) is 2.81. The van der Waals surface area contributed by atoms with E-state index in [4.69, 9.17) is 4.74 Å². The number of nitrogens with zero attached hydrogens (tertiary/aromatic N) is 3. The maximum absolute atomic E-state index is 6.04. The quantitative estimate of drug-likeness (QED) is 0.808. The molecular formula is C18H15N3O. The molecule has 0 saturated carbocycles. The van der Waals surface area contributed by atoms with E-state index in [2.05, 4.69) is 40.9 Å². The highest BCUT2D eigenvalue weighted by atomic mass is 16.5. The minimum Gasteiger partial charge on any atom is -0.367 e. The van der Waals surface area contributed by atoms with E-state index in [0.29, 0.717) is 6.61 Å². The summed E-state index contributed by atoms with van der Waals surface area (Å²) in [4.78, 5) is 2.16. The van der Waals surface area contributed by atoms with Crippen LogP contribution >= 0.6 is 0 Å². The Morgan fingerprint density at radius 3 is 2.77 bits per heavy atom.